The Morgan fingerprint density at radius 1 is 1.35 bits per heavy atom. The Balaban J connectivity index is 4.11. The van der Waals surface area contributed by atoms with Crippen molar-refractivity contribution in [2.75, 3.05) is 40.9 Å². The fraction of sp³-hybridized carbons (Fsp3) is 0.500. The van der Waals surface area contributed by atoms with Gasteiger partial charge in [0.05, 0.1) is 26.8 Å². The van der Waals surface area contributed by atoms with Crippen molar-refractivity contribution in [3.05, 3.63) is 24.8 Å². The van der Waals surface area contributed by atoms with Gasteiger partial charge >= 0.3 is 11.9 Å². The number of quaternary nitrogens is 1. The molecule has 0 amide bonds. The highest BCUT2D eigenvalue weighted by Crippen LogP contribution is 2.04. The molecule has 0 aliphatic rings. The zero-order chi connectivity index (χ0) is 13.5. The largest absolute Gasteiger partial charge is 0.466 e. The number of hydrogen-bond donors (Lipinski definition) is 0. The van der Waals surface area contributed by atoms with Crippen LogP contribution >= 0.6 is 0 Å². The lowest BCUT2D eigenvalue weighted by Gasteiger charge is -2.29. The van der Waals surface area contributed by atoms with Gasteiger partial charge in [-0.2, -0.15) is 0 Å². The van der Waals surface area contributed by atoms with Crippen LogP contribution in [0.1, 0.15) is 0 Å². The first-order valence-electron chi connectivity index (χ1n) is 5.19. The molecule has 5 nitrogen and oxygen atoms in total. The number of carbonyl (C=O) groups excluding carboxylic acids is 2. The van der Waals surface area contributed by atoms with E-state index in [0.717, 1.165) is 6.08 Å². The highest BCUT2D eigenvalue weighted by atomic mass is 16.5. The van der Waals surface area contributed by atoms with Crippen LogP contribution in [-0.2, 0) is 19.1 Å². The lowest BCUT2D eigenvalue weighted by molar-refractivity contribution is -0.885. The molecular weight excluding hydrogens is 222 g/mol. The van der Waals surface area contributed by atoms with Gasteiger partial charge in [-0.3, -0.25) is 0 Å². The van der Waals surface area contributed by atoms with E-state index in [0.29, 0.717) is 23.1 Å². The number of nitrogens with zero attached hydrogens (tertiary/aromatic N) is 1. The van der Waals surface area contributed by atoms with E-state index in [2.05, 4.69) is 17.9 Å². The highest BCUT2D eigenvalue weighted by Gasteiger charge is 2.21. The molecule has 0 bridgehead atoms. The lowest BCUT2D eigenvalue weighted by atomic mass is 10.2. The predicted octanol–water partition coefficient (Wildman–Crippen LogP) is 0.521. The number of carbonyl (C=O) groups is 2. The van der Waals surface area contributed by atoms with E-state index in [4.69, 9.17) is 4.74 Å². The van der Waals surface area contributed by atoms with Crippen molar-refractivity contribution in [1.29, 1.82) is 0 Å². The van der Waals surface area contributed by atoms with Crippen molar-refractivity contribution < 1.29 is 23.5 Å². The zero-order valence-electron chi connectivity index (χ0n) is 10.7. The summed E-state index contributed by atoms with van der Waals surface area (Å²) in [7, 11) is 5.14. The molecule has 0 spiro atoms. The molecule has 0 radical (unpaired) electrons. The van der Waals surface area contributed by atoms with Crippen molar-refractivity contribution in [2.24, 2.45) is 0 Å². The number of ether oxygens (including phenoxy) is 2. The van der Waals surface area contributed by atoms with E-state index in [9.17, 15) is 9.59 Å². The Kier molecular flexibility index (Phi) is 6.20. The number of methoxy groups -OCH3 is 1. The summed E-state index contributed by atoms with van der Waals surface area (Å²) < 4.78 is 9.93. The number of likely N-dealkylation sites (N-methyl/N-ethyl adjacent to an activating group) is 1. The van der Waals surface area contributed by atoms with Crippen LogP contribution in [0.25, 0.3) is 0 Å². The van der Waals surface area contributed by atoms with E-state index < -0.39 is 11.9 Å². The van der Waals surface area contributed by atoms with Gasteiger partial charge in [0, 0.05) is 6.08 Å². The first-order chi connectivity index (χ1) is 7.82. The molecule has 0 aromatic rings. The third-order valence-electron chi connectivity index (χ3n) is 2.20. The van der Waals surface area contributed by atoms with Crippen LogP contribution in [0.2, 0.25) is 0 Å². The third kappa shape index (κ3) is 6.52. The molecule has 0 aliphatic carbocycles. The average molecular weight is 242 g/mol. The molecule has 0 rings (SSSR count). The SMILES string of the molecule is C=CC(=O)OCC[N+](C)(C)CC(=C)C(=O)OC. The fourth-order valence-corrected chi connectivity index (χ4v) is 1.26. The van der Waals surface area contributed by atoms with Crippen molar-refractivity contribution in [2.45, 2.75) is 0 Å². The Hall–Kier alpha value is -1.62. The van der Waals surface area contributed by atoms with E-state index >= 15 is 0 Å². The molecule has 0 unspecified atom stereocenters. The normalized spacial score (nSPS) is 10.5. The maximum Gasteiger partial charge on any atom is 0.338 e. The summed E-state index contributed by atoms with van der Waals surface area (Å²) in [4.78, 5) is 22.0. The van der Waals surface area contributed by atoms with E-state index in [1.165, 1.54) is 7.11 Å². The maximum atomic E-state index is 11.2. The quantitative estimate of drug-likeness (QED) is 0.371. The van der Waals surface area contributed by atoms with Crippen LogP contribution in [0.3, 0.4) is 0 Å². The molecule has 0 heterocycles. The Morgan fingerprint density at radius 2 is 1.94 bits per heavy atom. The summed E-state index contributed by atoms with van der Waals surface area (Å²) in [5.41, 5.74) is 0.396. The van der Waals surface area contributed by atoms with E-state index in [1.807, 2.05) is 14.1 Å². The van der Waals surface area contributed by atoms with Gasteiger partial charge in [0.15, 0.2) is 0 Å². The van der Waals surface area contributed by atoms with Crippen molar-refractivity contribution in [3.8, 4) is 0 Å². The summed E-state index contributed by atoms with van der Waals surface area (Å²) in [5, 5.41) is 0. The van der Waals surface area contributed by atoms with Gasteiger partial charge in [0.1, 0.15) is 19.7 Å². The second-order valence-corrected chi connectivity index (χ2v) is 4.28. The van der Waals surface area contributed by atoms with E-state index in [1.54, 1.807) is 0 Å². The van der Waals surface area contributed by atoms with Gasteiger partial charge in [-0.05, 0) is 0 Å². The van der Waals surface area contributed by atoms with Crippen molar-refractivity contribution in [3.63, 3.8) is 0 Å². The minimum atomic E-state index is -0.447. The average Bonchev–Trinajstić information content (AvgIpc) is 2.26. The number of rotatable bonds is 7. The Bertz CT molecular complexity index is 320. The van der Waals surface area contributed by atoms with Gasteiger partial charge in [0.25, 0.3) is 0 Å². The summed E-state index contributed by atoms with van der Waals surface area (Å²) in [6.07, 6.45) is 1.12. The van der Waals surface area contributed by atoms with Gasteiger partial charge < -0.3 is 14.0 Å². The first kappa shape index (κ1) is 15.4. The summed E-state index contributed by atoms with van der Waals surface area (Å²) in [6.45, 7) is 8.25. The molecule has 0 N–H and O–H groups in total. The first-order valence-corrected chi connectivity index (χ1v) is 5.19. The third-order valence-corrected chi connectivity index (χ3v) is 2.20. The van der Waals surface area contributed by atoms with Crippen LogP contribution < -0.4 is 0 Å². The highest BCUT2D eigenvalue weighted by molar-refractivity contribution is 5.87. The molecule has 0 aromatic carbocycles. The number of esters is 2. The standard InChI is InChI=1S/C12H20NO4/c1-6-11(14)17-8-7-13(3,4)9-10(2)12(15)16-5/h6H,1-2,7-9H2,3-5H3/q+1. The molecule has 0 saturated heterocycles. The molecule has 0 fully saturated rings. The van der Waals surface area contributed by atoms with Gasteiger partial charge in [0.2, 0.25) is 0 Å². The summed E-state index contributed by atoms with van der Waals surface area (Å²) >= 11 is 0. The van der Waals surface area contributed by atoms with Gasteiger partial charge in [-0.25, -0.2) is 9.59 Å². The van der Waals surface area contributed by atoms with Crippen molar-refractivity contribution >= 4 is 11.9 Å². The summed E-state index contributed by atoms with van der Waals surface area (Å²) in [6, 6.07) is 0. The van der Waals surface area contributed by atoms with Crippen LogP contribution in [0.4, 0.5) is 0 Å². The maximum absolute atomic E-state index is 11.2. The molecular formula is C12H20NO4+. The van der Waals surface area contributed by atoms with Gasteiger partial charge in [-0.15, -0.1) is 0 Å². The second kappa shape index (κ2) is 6.85. The zero-order valence-corrected chi connectivity index (χ0v) is 10.7. The van der Waals surface area contributed by atoms with Crippen molar-refractivity contribution in [1.82, 2.24) is 0 Å². The monoisotopic (exact) mass is 242 g/mol. The molecule has 96 valence electrons. The molecule has 0 aromatic heterocycles. The Labute approximate surface area is 102 Å². The smallest absolute Gasteiger partial charge is 0.338 e. The molecule has 0 atom stereocenters. The Morgan fingerprint density at radius 3 is 2.41 bits per heavy atom. The topological polar surface area (TPSA) is 52.6 Å². The van der Waals surface area contributed by atoms with Crippen LogP contribution in [0, 0.1) is 0 Å². The molecule has 17 heavy (non-hydrogen) atoms. The van der Waals surface area contributed by atoms with Crippen LogP contribution in [0.15, 0.2) is 24.8 Å². The minimum absolute atomic E-state index is 0.270. The fourth-order valence-electron chi connectivity index (χ4n) is 1.26. The minimum Gasteiger partial charge on any atom is -0.466 e. The van der Waals surface area contributed by atoms with Crippen LogP contribution in [-0.4, -0.2) is 57.3 Å². The summed E-state index contributed by atoms with van der Waals surface area (Å²) in [5.74, 6) is -0.865. The lowest BCUT2D eigenvalue weighted by Crippen LogP contribution is -2.44. The predicted molar refractivity (Wildman–Crippen MR) is 64.2 cm³/mol. The molecule has 5 heteroatoms. The van der Waals surface area contributed by atoms with E-state index in [-0.39, 0.29) is 6.61 Å². The van der Waals surface area contributed by atoms with Crippen LogP contribution in [0.5, 0.6) is 0 Å². The van der Waals surface area contributed by atoms with Gasteiger partial charge in [-0.1, -0.05) is 13.2 Å². The molecule has 0 saturated carbocycles. The number of hydrogen-bond acceptors (Lipinski definition) is 4. The second-order valence-electron chi connectivity index (χ2n) is 4.28. The molecule has 0 aliphatic heterocycles.